The summed E-state index contributed by atoms with van der Waals surface area (Å²) in [6, 6.07) is 17.0. The van der Waals surface area contributed by atoms with Crippen LogP contribution in [-0.2, 0) is 14.4 Å². The van der Waals surface area contributed by atoms with Crippen LogP contribution in [0.4, 0.5) is 11.4 Å². The van der Waals surface area contributed by atoms with E-state index in [4.69, 9.17) is 4.84 Å². The largest absolute Gasteiger partial charge is 0.273 e. The lowest BCUT2D eigenvalue weighted by molar-refractivity contribution is -0.126. The fourth-order valence-corrected chi connectivity index (χ4v) is 3.93. The minimum Gasteiger partial charge on any atom is -0.273 e. The van der Waals surface area contributed by atoms with Crippen LogP contribution in [0.3, 0.4) is 0 Å². The molecule has 0 spiro atoms. The fourth-order valence-electron chi connectivity index (χ4n) is 3.93. The number of hydrogen-bond acceptors (Lipinski definition) is 4. The van der Waals surface area contributed by atoms with Crippen molar-refractivity contribution >= 4 is 23.2 Å². The van der Waals surface area contributed by atoms with Gasteiger partial charge in [-0.1, -0.05) is 43.7 Å². The third-order valence-electron chi connectivity index (χ3n) is 5.09. The van der Waals surface area contributed by atoms with Crippen LogP contribution in [0.5, 0.6) is 0 Å². The van der Waals surface area contributed by atoms with Gasteiger partial charge in [0.05, 0.1) is 23.3 Å². The molecule has 5 heteroatoms. The zero-order valence-electron chi connectivity index (χ0n) is 15.0. The molecular weight excluding hydrogens is 328 g/mol. The summed E-state index contributed by atoms with van der Waals surface area (Å²) in [6.45, 7) is 4.03. The Labute approximate surface area is 153 Å². The molecule has 0 bridgehead atoms. The molecule has 2 aliphatic rings. The third kappa shape index (κ3) is 2.59. The molecule has 134 valence electrons. The number of carbonyl (C=O) groups is 2. The SMILES string of the molecule is CCC[C@H]1[C@H]2C(=O)N(c3cccc(C)c3)C(=O)[C@@H]2ON1c1ccccc1. The minimum atomic E-state index is -0.750. The van der Waals surface area contributed by atoms with Gasteiger partial charge in [0, 0.05) is 0 Å². The van der Waals surface area contributed by atoms with Gasteiger partial charge < -0.3 is 0 Å². The van der Waals surface area contributed by atoms with E-state index in [0.717, 1.165) is 24.1 Å². The molecule has 2 heterocycles. The second kappa shape index (κ2) is 6.57. The smallest absolute Gasteiger partial charge is 0.266 e. The lowest BCUT2D eigenvalue weighted by Gasteiger charge is -2.28. The van der Waals surface area contributed by atoms with Crippen LogP contribution in [0, 0.1) is 12.8 Å². The quantitative estimate of drug-likeness (QED) is 0.792. The lowest BCUT2D eigenvalue weighted by atomic mass is 9.93. The van der Waals surface area contributed by atoms with Crippen molar-refractivity contribution in [2.75, 3.05) is 9.96 Å². The molecule has 2 fully saturated rings. The Morgan fingerprint density at radius 3 is 2.38 bits per heavy atom. The van der Waals surface area contributed by atoms with Gasteiger partial charge >= 0.3 is 0 Å². The molecule has 2 saturated heterocycles. The summed E-state index contributed by atoms with van der Waals surface area (Å²) >= 11 is 0. The number of nitrogens with zero attached hydrogens (tertiary/aromatic N) is 2. The van der Waals surface area contributed by atoms with Gasteiger partial charge in [-0.05, 0) is 43.2 Å². The third-order valence-corrected chi connectivity index (χ3v) is 5.09. The van der Waals surface area contributed by atoms with E-state index in [2.05, 4.69) is 6.92 Å². The standard InChI is InChI=1S/C21H22N2O3/c1-3-8-17-18-19(26-23(17)15-10-5-4-6-11-15)21(25)22(20(18)24)16-12-7-9-14(2)13-16/h4-7,9-13,17-19H,3,8H2,1-2H3/t17-,18+,19+/m0/s1. The van der Waals surface area contributed by atoms with Crippen LogP contribution < -0.4 is 9.96 Å². The summed E-state index contributed by atoms with van der Waals surface area (Å²) in [5.41, 5.74) is 2.51. The van der Waals surface area contributed by atoms with Crippen molar-refractivity contribution < 1.29 is 14.4 Å². The van der Waals surface area contributed by atoms with Crippen molar-refractivity contribution in [3.8, 4) is 0 Å². The van der Waals surface area contributed by atoms with E-state index in [0.29, 0.717) is 5.69 Å². The van der Waals surface area contributed by atoms with Crippen molar-refractivity contribution in [1.82, 2.24) is 0 Å². The first-order valence-corrected chi connectivity index (χ1v) is 9.07. The van der Waals surface area contributed by atoms with E-state index in [-0.39, 0.29) is 17.9 Å². The van der Waals surface area contributed by atoms with Gasteiger partial charge in [0.15, 0.2) is 6.10 Å². The van der Waals surface area contributed by atoms with Gasteiger partial charge in [0.25, 0.3) is 5.91 Å². The molecule has 0 N–H and O–H groups in total. The highest BCUT2D eigenvalue weighted by molar-refractivity contribution is 6.23. The minimum absolute atomic E-state index is 0.140. The monoisotopic (exact) mass is 350 g/mol. The molecule has 0 saturated carbocycles. The van der Waals surface area contributed by atoms with Crippen molar-refractivity contribution in [2.45, 2.75) is 38.8 Å². The first-order valence-electron chi connectivity index (χ1n) is 9.07. The number of hydrogen-bond donors (Lipinski definition) is 0. The molecule has 5 nitrogen and oxygen atoms in total. The fraction of sp³-hybridized carbons (Fsp3) is 0.333. The van der Waals surface area contributed by atoms with Gasteiger partial charge in [-0.3, -0.25) is 14.4 Å². The number of para-hydroxylation sites is 1. The number of amides is 2. The van der Waals surface area contributed by atoms with Crippen molar-refractivity contribution in [2.24, 2.45) is 5.92 Å². The van der Waals surface area contributed by atoms with E-state index < -0.39 is 12.0 Å². The van der Waals surface area contributed by atoms with E-state index in [1.807, 2.05) is 55.5 Å². The molecule has 2 aliphatic heterocycles. The summed E-state index contributed by atoms with van der Waals surface area (Å²) in [5, 5.41) is 1.77. The molecule has 4 rings (SSSR count). The predicted molar refractivity (Wildman–Crippen MR) is 99.7 cm³/mol. The van der Waals surface area contributed by atoms with E-state index in [9.17, 15) is 9.59 Å². The van der Waals surface area contributed by atoms with Crippen LogP contribution in [0.25, 0.3) is 0 Å². The van der Waals surface area contributed by atoms with Crippen molar-refractivity contribution in [1.29, 1.82) is 0 Å². The summed E-state index contributed by atoms with van der Waals surface area (Å²) in [6.07, 6.45) is 0.947. The summed E-state index contributed by atoms with van der Waals surface area (Å²) in [7, 11) is 0. The zero-order chi connectivity index (χ0) is 18.3. The first kappa shape index (κ1) is 16.8. The molecule has 26 heavy (non-hydrogen) atoms. The normalized spacial score (nSPS) is 25.1. The van der Waals surface area contributed by atoms with Crippen molar-refractivity contribution in [3.05, 3.63) is 60.2 Å². The molecule has 0 aliphatic carbocycles. The van der Waals surface area contributed by atoms with Gasteiger partial charge in [0.2, 0.25) is 5.91 Å². The van der Waals surface area contributed by atoms with E-state index in [1.54, 1.807) is 11.1 Å². The first-order chi connectivity index (χ1) is 12.6. The van der Waals surface area contributed by atoms with Crippen LogP contribution in [0.15, 0.2) is 54.6 Å². The van der Waals surface area contributed by atoms with Gasteiger partial charge in [-0.2, -0.15) is 0 Å². The average Bonchev–Trinajstić information content (AvgIpc) is 3.13. The molecule has 0 radical (unpaired) electrons. The van der Waals surface area contributed by atoms with Crippen LogP contribution in [-0.4, -0.2) is 24.0 Å². The topological polar surface area (TPSA) is 49.9 Å². The number of rotatable bonds is 4. The number of fused-ring (bicyclic) bond motifs is 1. The number of carbonyl (C=O) groups excluding carboxylic acids is 2. The van der Waals surface area contributed by atoms with E-state index >= 15 is 0 Å². The van der Waals surface area contributed by atoms with Crippen LogP contribution in [0.1, 0.15) is 25.3 Å². The zero-order valence-corrected chi connectivity index (χ0v) is 15.0. The number of anilines is 2. The summed E-state index contributed by atoms with van der Waals surface area (Å²) in [5.74, 6) is -0.907. The van der Waals surface area contributed by atoms with E-state index in [1.165, 1.54) is 4.90 Å². The molecule has 2 aromatic carbocycles. The van der Waals surface area contributed by atoms with Crippen LogP contribution in [0.2, 0.25) is 0 Å². The second-order valence-electron chi connectivity index (χ2n) is 6.92. The van der Waals surface area contributed by atoms with Crippen molar-refractivity contribution in [3.63, 3.8) is 0 Å². The molecule has 2 amide bonds. The Bertz CT molecular complexity index is 836. The molecular formula is C21H22N2O3. The summed E-state index contributed by atoms with van der Waals surface area (Å²) < 4.78 is 0. The molecule has 3 atom stereocenters. The van der Waals surface area contributed by atoms with Gasteiger partial charge in [0.1, 0.15) is 0 Å². The number of aryl methyl sites for hydroxylation is 1. The summed E-state index contributed by atoms with van der Waals surface area (Å²) in [4.78, 5) is 33.5. The maximum atomic E-state index is 13.2. The molecule has 0 aromatic heterocycles. The van der Waals surface area contributed by atoms with Gasteiger partial charge in [-0.25, -0.2) is 9.96 Å². The highest BCUT2D eigenvalue weighted by atomic mass is 16.7. The predicted octanol–water partition coefficient (Wildman–Crippen LogP) is 3.47. The van der Waals surface area contributed by atoms with Crippen LogP contribution >= 0.6 is 0 Å². The number of imide groups is 1. The Morgan fingerprint density at radius 2 is 1.69 bits per heavy atom. The molecule has 2 aromatic rings. The Kier molecular flexibility index (Phi) is 4.24. The maximum Gasteiger partial charge on any atom is 0.266 e. The Morgan fingerprint density at radius 1 is 0.962 bits per heavy atom. The highest BCUT2D eigenvalue weighted by Gasteiger charge is 2.59. The van der Waals surface area contributed by atoms with Gasteiger partial charge in [-0.15, -0.1) is 0 Å². The second-order valence-corrected chi connectivity index (χ2v) is 6.92. The number of benzene rings is 2. The maximum absolute atomic E-state index is 13.2. The molecule has 0 unspecified atom stereocenters. The Hall–Kier alpha value is -2.66. The number of hydroxylamine groups is 1. The average molecular weight is 350 g/mol. The lowest BCUT2D eigenvalue weighted by Crippen LogP contribution is -2.40. The highest BCUT2D eigenvalue weighted by Crippen LogP contribution is 2.41. The Balaban J connectivity index is 1.69.